The maximum Gasteiger partial charge on any atom is 0.240 e. The standard InChI is InChI=1S/C15H24N2O3S/c1-3-4-5-6-9-16-21(18,19)13-7-8-15-14(12-13)17(2)10-11-20-15/h7-8,12,16H,3-6,9-11H2,1-2H3. The fourth-order valence-corrected chi connectivity index (χ4v) is 3.43. The van der Waals surface area contributed by atoms with Crippen molar-refractivity contribution in [2.75, 3.05) is 31.6 Å². The van der Waals surface area contributed by atoms with Crippen molar-refractivity contribution in [3.63, 3.8) is 0 Å². The lowest BCUT2D eigenvalue weighted by molar-refractivity contribution is 0.311. The summed E-state index contributed by atoms with van der Waals surface area (Å²) >= 11 is 0. The number of hydrogen-bond donors (Lipinski definition) is 1. The van der Waals surface area contributed by atoms with E-state index in [1.54, 1.807) is 18.2 Å². The highest BCUT2D eigenvalue weighted by Crippen LogP contribution is 2.32. The van der Waals surface area contributed by atoms with Gasteiger partial charge in [0.15, 0.2) is 0 Å². The van der Waals surface area contributed by atoms with E-state index in [0.717, 1.165) is 43.7 Å². The lowest BCUT2D eigenvalue weighted by Gasteiger charge is -2.28. The molecule has 1 aliphatic heterocycles. The van der Waals surface area contributed by atoms with E-state index in [9.17, 15) is 8.42 Å². The van der Waals surface area contributed by atoms with Crippen LogP contribution in [0.1, 0.15) is 32.6 Å². The van der Waals surface area contributed by atoms with Gasteiger partial charge in [-0.05, 0) is 24.6 Å². The number of fused-ring (bicyclic) bond motifs is 1. The Balaban J connectivity index is 2.04. The molecule has 1 aromatic carbocycles. The minimum Gasteiger partial charge on any atom is -0.490 e. The molecule has 0 saturated carbocycles. The van der Waals surface area contributed by atoms with Gasteiger partial charge in [0.1, 0.15) is 12.4 Å². The molecule has 118 valence electrons. The molecular weight excluding hydrogens is 288 g/mol. The van der Waals surface area contributed by atoms with Crippen LogP contribution in [0.15, 0.2) is 23.1 Å². The van der Waals surface area contributed by atoms with Gasteiger partial charge in [0.05, 0.1) is 17.1 Å². The summed E-state index contributed by atoms with van der Waals surface area (Å²) < 4.78 is 32.8. The summed E-state index contributed by atoms with van der Waals surface area (Å²) in [6.07, 6.45) is 4.22. The molecule has 1 aromatic rings. The van der Waals surface area contributed by atoms with Crippen molar-refractivity contribution in [2.45, 2.75) is 37.5 Å². The Hall–Kier alpha value is -1.27. The van der Waals surface area contributed by atoms with Gasteiger partial charge in [-0.15, -0.1) is 0 Å². The van der Waals surface area contributed by atoms with Crippen LogP contribution in [0.4, 0.5) is 5.69 Å². The molecule has 0 spiro atoms. The molecule has 0 aromatic heterocycles. The molecule has 0 fully saturated rings. The minimum absolute atomic E-state index is 0.300. The molecule has 5 nitrogen and oxygen atoms in total. The van der Waals surface area contributed by atoms with Crippen LogP contribution >= 0.6 is 0 Å². The lowest BCUT2D eigenvalue weighted by Crippen LogP contribution is -2.30. The van der Waals surface area contributed by atoms with Crippen molar-refractivity contribution in [2.24, 2.45) is 0 Å². The average Bonchev–Trinajstić information content (AvgIpc) is 2.47. The number of rotatable bonds is 7. The molecule has 0 unspecified atom stereocenters. The third kappa shape index (κ3) is 4.11. The van der Waals surface area contributed by atoms with Crippen molar-refractivity contribution >= 4 is 15.7 Å². The summed E-state index contributed by atoms with van der Waals surface area (Å²) in [4.78, 5) is 2.31. The maximum atomic E-state index is 12.3. The number of unbranched alkanes of at least 4 members (excludes halogenated alkanes) is 3. The van der Waals surface area contributed by atoms with E-state index in [0.29, 0.717) is 18.0 Å². The SMILES string of the molecule is CCCCCCNS(=O)(=O)c1ccc2c(c1)N(C)CCO2. The largest absolute Gasteiger partial charge is 0.490 e. The normalized spacial score (nSPS) is 14.7. The number of ether oxygens (including phenoxy) is 1. The number of anilines is 1. The monoisotopic (exact) mass is 312 g/mol. The molecule has 0 saturated heterocycles. The summed E-state index contributed by atoms with van der Waals surface area (Å²) in [5.41, 5.74) is 0.829. The van der Waals surface area contributed by atoms with Crippen LogP contribution in [0.3, 0.4) is 0 Å². The van der Waals surface area contributed by atoms with Gasteiger partial charge in [-0.1, -0.05) is 26.2 Å². The maximum absolute atomic E-state index is 12.3. The average molecular weight is 312 g/mol. The van der Waals surface area contributed by atoms with Crippen molar-refractivity contribution in [3.8, 4) is 5.75 Å². The number of benzene rings is 1. The molecule has 0 aliphatic carbocycles. The molecule has 0 amide bonds. The van der Waals surface area contributed by atoms with E-state index in [4.69, 9.17) is 4.74 Å². The first kappa shape index (κ1) is 16.1. The molecule has 21 heavy (non-hydrogen) atoms. The Bertz CT molecular complexity index is 572. The minimum atomic E-state index is -3.44. The van der Waals surface area contributed by atoms with Crippen LogP contribution in [0.25, 0.3) is 0 Å². The van der Waals surface area contributed by atoms with Crippen molar-refractivity contribution in [3.05, 3.63) is 18.2 Å². The van der Waals surface area contributed by atoms with E-state index < -0.39 is 10.0 Å². The lowest BCUT2D eigenvalue weighted by atomic mass is 10.2. The zero-order valence-electron chi connectivity index (χ0n) is 12.8. The van der Waals surface area contributed by atoms with Gasteiger partial charge >= 0.3 is 0 Å². The van der Waals surface area contributed by atoms with Gasteiger partial charge in [0.2, 0.25) is 10.0 Å². The van der Waals surface area contributed by atoms with Crippen LogP contribution in [-0.4, -0.2) is 35.2 Å². The zero-order valence-corrected chi connectivity index (χ0v) is 13.6. The van der Waals surface area contributed by atoms with Crippen LogP contribution in [0.5, 0.6) is 5.75 Å². The molecule has 0 radical (unpaired) electrons. The summed E-state index contributed by atoms with van der Waals surface area (Å²) in [6, 6.07) is 5.02. The molecule has 1 aliphatic rings. The predicted molar refractivity (Wildman–Crippen MR) is 84.5 cm³/mol. The van der Waals surface area contributed by atoms with Gasteiger partial charge in [-0.25, -0.2) is 13.1 Å². The Morgan fingerprint density at radius 3 is 2.86 bits per heavy atom. The Morgan fingerprint density at radius 1 is 1.29 bits per heavy atom. The fourth-order valence-electron chi connectivity index (χ4n) is 2.34. The number of hydrogen-bond acceptors (Lipinski definition) is 4. The molecule has 2 rings (SSSR count). The number of sulfonamides is 1. The molecule has 0 atom stereocenters. The fraction of sp³-hybridized carbons (Fsp3) is 0.600. The molecule has 6 heteroatoms. The highest BCUT2D eigenvalue weighted by molar-refractivity contribution is 7.89. The molecular formula is C15H24N2O3S. The third-order valence-corrected chi connectivity index (χ3v) is 5.12. The first-order valence-electron chi connectivity index (χ1n) is 7.52. The summed E-state index contributed by atoms with van der Waals surface area (Å²) in [5.74, 6) is 0.741. The Morgan fingerprint density at radius 2 is 2.10 bits per heavy atom. The third-order valence-electron chi connectivity index (χ3n) is 3.66. The van der Waals surface area contributed by atoms with E-state index in [1.165, 1.54) is 0 Å². The highest BCUT2D eigenvalue weighted by atomic mass is 32.2. The topological polar surface area (TPSA) is 58.6 Å². The zero-order chi connectivity index (χ0) is 15.3. The Labute approximate surface area is 127 Å². The van der Waals surface area contributed by atoms with Crippen molar-refractivity contribution in [1.82, 2.24) is 4.72 Å². The van der Waals surface area contributed by atoms with E-state index in [-0.39, 0.29) is 0 Å². The second-order valence-electron chi connectivity index (χ2n) is 5.36. The van der Waals surface area contributed by atoms with E-state index in [2.05, 4.69) is 11.6 Å². The van der Waals surface area contributed by atoms with Gasteiger partial charge in [0, 0.05) is 13.6 Å². The van der Waals surface area contributed by atoms with Crippen LogP contribution in [-0.2, 0) is 10.0 Å². The van der Waals surface area contributed by atoms with Gasteiger partial charge < -0.3 is 9.64 Å². The second-order valence-corrected chi connectivity index (χ2v) is 7.12. The number of nitrogens with zero attached hydrogens (tertiary/aromatic N) is 1. The number of likely N-dealkylation sites (N-methyl/N-ethyl adjacent to an activating group) is 1. The van der Waals surface area contributed by atoms with E-state index >= 15 is 0 Å². The quantitative estimate of drug-likeness (QED) is 0.785. The van der Waals surface area contributed by atoms with Gasteiger partial charge in [-0.3, -0.25) is 0 Å². The molecule has 1 N–H and O–H groups in total. The first-order valence-corrected chi connectivity index (χ1v) is 9.00. The summed E-state index contributed by atoms with van der Waals surface area (Å²) in [6.45, 7) is 4.02. The Kier molecular flexibility index (Phi) is 5.47. The van der Waals surface area contributed by atoms with Gasteiger partial charge in [-0.2, -0.15) is 0 Å². The first-order chi connectivity index (χ1) is 10.0. The van der Waals surface area contributed by atoms with Crippen molar-refractivity contribution < 1.29 is 13.2 Å². The summed E-state index contributed by atoms with van der Waals surface area (Å²) in [7, 11) is -1.50. The summed E-state index contributed by atoms with van der Waals surface area (Å²) in [5, 5.41) is 0. The van der Waals surface area contributed by atoms with Crippen LogP contribution < -0.4 is 14.4 Å². The molecule has 1 heterocycles. The van der Waals surface area contributed by atoms with Crippen LogP contribution in [0.2, 0.25) is 0 Å². The van der Waals surface area contributed by atoms with Crippen LogP contribution in [0, 0.1) is 0 Å². The smallest absolute Gasteiger partial charge is 0.240 e. The molecule has 0 bridgehead atoms. The second kappa shape index (κ2) is 7.13. The highest BCUT2D eigenvalue weighted by Gasteiger charge is 2.20. The predicted octanol–water partition coefficient (Wildman–Crippen LogP) is 2.37. The number of nitrogens with one attached hydrogen (secondary N) is 1. The van der Waals surface area contributed by atoms with Crippen molar-refractivity contribution in [1.29, 1.82) is 0 Å². The van der Waals surface area contributed by atoms with E-state index in [1.807, 2.05) is 11.9 Å². The van der Waals surface area contributed by atoms with Gasteiger partial charge in [0.25, 0.3) is 0 Å².